The van der Waals surface area contributed by atoms with Gasteiger partial charge in [-0.15, -0.1) is 0 Å². The molecular weight excluding hydrogens is 402 g/mol. The highest BCUT2D eigenvalue weighted by atomic mass is 32.2. The fraction of sp³-hybridized carbons (Fsp3) is 0.278. The van der Waals surface area contributed by atoms with Crippen LogP contribution >= 0.6 is 12.2 Å². The van der Waals surface area contributed by atoms with Gasteiger partial charge in [-0.3, -0.25) is 0 Å². The first kappa shape index (κ1) is 18.9. The summed E-state index contributed by atoms with van der Waals surface area (Å²) in [5.74, 6) is 1.33. The van der Waals surface area contributed by atoms with Gasteiger partial charge in [-0.05, 0) is 42.5 Å². The predicted molar refractivity (Wildman–Crippen MR) is 108 cm³/mol. The molecule has 0 aromatic heterocycles. The van der Waals surface area contributed by atoms with Gasteiger partial charge in [-0.25, -0.2) is 8.42 Å². The van der Waals surface area contributed by atoms with Crippen LogP contribution in [0.15, 0.2) is 47.4 Å². The molecule has 1 saturated heterocycles. The van der Waals surface area contributed by atoms with Crippen molar-refractivity contribution in [1.29, 1.82) is 0 Å². The van der Waals surface area contributed by atoms with E-state index in [0.29, 0.717) is 48.6 Å². The number of nitrogens with one attached hydrogen (secondary N) is 2. The maximum absolute atomic E-state index is 12.8. The van der Waals surface area contributed by atoms with E-state index in [1.54, 1.807) is 36.4 Å². The number of hydrogen-bond donors (Lipinski definition) is 2. The largest absolute Gasteiger partial charge is 0.454 e. The lowest BCUT2D eigenvalue weighted by Crippen LogP contribution is -2.40. The molecule has 148 valence electrons. The van der Waals surface area contributed by atoms with E-state index >= 15 is 0 Å². The van der Waals surface area contributed by atoms with Crippen molar-refractivity contribution in [2.45, 2.75) is 4.90 Å². The van der Waals surface area contributed by atoms with Gasteiger partial charge < -0.3 is 24.8 Å². The van der Waals surface area contributed by atoms with Gasteiger partial charge in [0.1, 0.15) is 0 Å². The third kappa shape index (κ3) is 4.04. The summed E-state index contributed by atoms with van der Waals surface area (Å²) >= 11 is 5.34. The Hall–Kier alpha value is -2.40. The summed E-state index contributed by atoms with van der Waals surface area (Å²) in [4.78, 5) is 0.213. The molecule has 1 fully saturated rings. The standard InChI is InChI=1S/C18H19N3O5S2/c22-28(23,21-6-8-24-9-7-21)15-3-1-2-13(10-15)19-18(27)20-14-4-5-16-17(11-14)26-12-25-16/h1-5,10-11H,6-9,12H2,(H2,19,20,27). The van der Waals surface area contributed by atoms with Gasteiger partial charge in [0.05, 0.1) is 18.1 Å². The molecule has 2 aromatic carbocycles. The zero-order valence-corrected chi connectivity index (χ0v) is 16.5. The minimum Gasteiger partial charge on any atom is -0.454 e. The topological polar surface area (TPSA) is 89.1 Å². The number of thiocarbonyl (C=S) groups is 1. The van der Waals surface area contributed by atoms with Gasteiger partial charge in [-0.2, -0.15) is 4.31 Å². The van der Waals surface area contributed by atoms with Crippen molar-refractivity contribution >= 4 is 38.7 Å². The van der Waals surface area contributed by atoms with E-state index < -0.39 is 10.0 Å². The van der Waals surface area contributed by atoms with Crippen molar-refractivity contribution < 1.29 is 22.6 Å². The van der Waals surface area contributed by atoms with Crippen molar-refractivity contribution in [3.05, 3.63) is 42.5 Å². The summed E-state index contributed by atoms with van der Waals surface area (Å²) in [5.41, 5.74) is 1.31. The summed E-state index contributed by atoms with van der Waals surface area (Å²) in [5, 5.41) is 6.40. The van der Waals surface area contributed by atoms with Gasteiger partial charge in [0.25, 0.3) is 0 Å². The highest BCUT2D eigenvalue weighted by molar-refractivity contribution is 7.89. The van der Waals surface area contributed by atoms with E-state index in [0.717, 1.165) is 5.69 Å². The monoisotopic (exact) mass is 421 g/mol. The molecule has 28 heavy (non-hydrogen) atoms. The second-order valence-corrected chi connectivity index (χ2v) is 8.54. The van der Waals surface area contributed by atoms with Crippen LogP contribution in [0.2, 0.25) is 0 Å². The summed E-state index contributed by atoms with van der Waals surface area (Å²) in [6, 6.07) is 12.0. The Labute approximate surface area is 168 Å². The van der Waals surface area contributed by atoms with Crippen LogP contribution in [0, 0.1) is 0 Å². The van der Waals surface area contributed by atoms with Gasteiger partial charge in [0, 0.05) is 30.5 Å². The van der Waals surface area contributed by atoms with E-state index in [9.17, 15) is 8.42 Å². The molecule has 2 heterocycles. The van der Waals surface area contributed by atoms with E-state index in [-0.39, 0.29) is 11.7 Å². The Morgan fingerprint density at radius 1 is 0.964 bits per heavy atom. The minimum absolute atomic E-state index is 0.200. The summed E-state index contributed by atoms with van der Waals surface area (Å²) < 4.78 is 42.9. The van der Waals surface area contributed by atoms with Gasteiger partial charge in [0.2, 0.25) is 16.8 Å². The van der Waals surface area contributed by atoms with E-state index in [1.807, 2.05) is 6.07 Å². The Morgan fingerprint density at radius 2 is 1.68 bits per heavy atom. The lowest BCUT2D eigenvalue weighted by atomic mass is 10.3. The first-order valence-electron chi connectivity index (χ1n) is 8.68. The van der Waals surface area contributed by atoms with Gasteiger partial charge in [0.15, 0.2) is 16.6 Å². The zero-order valence-electron chi connectivity index (χ0n) is 14.9. The average Bonchev–Trinajstić information content (AvgIpc) is 3.16. The van der Waals surface area contributed by atoms with Crippen LogP contribution in [0.1, 0.15) is 0 Å². The number of hydrogen-bond acceptors (Lipinski definition) is 6. The third-order valence-corrected chi connectivity index (χ3v) is 6.43. The molecule has 0 saturated carbocycles. The second-order valence-electron chi connectivity index (χ2n) is 6.19. The molecule has 2 aliphatic rings. The van der Waals surface area contributed by atoms with Crippen LogP contribution in [-0.4, -0.2) is 50.9 Å². The lowest BCUT2D eigenvalue weighted by Gasteiger charge is -2.26. The van der Waals surface area contributed by atoms with Crippen molar-refractivity contribution in [1.82, 2.24) is 4.31 Å². The highest BCUT2D eigenvalue weighted by Gasteiger charge is 2.26. The number of ether oxygens (including phenoxy) is 3. The van der Waals surface area contributed by atoms with Crippen molar-refractivity contribution in [2.75, 3.05) is 43.7 Å². The maximum Gasteiger partial charge on any atom is 0.243 e. The SMILES string of the molecule is O=S(=O)(c1cccc(NC(=S)Nc2ccc3c(c2)OCO3)c1)N1CCOCC1. The number of morpholine rings is 1. The number of benzene rings is 2. The number of fused-ring (bicyclic) bond motifs is 1. The smallest absolute Gasteiger partial charge is 0.243 e. The fourth-order valence-electron chi connectivity index (χ4n) is 2.94. The number of rotatable bonds is 4. The Bertz CT molecular complexity index is 990. The molecule has 8 nitrogen and oxygen atoms in total. The van der Waals surface area contributed by atoms with Gasteiger partial charge in [-0.1, -0.05) is 6.07 Å². The van der Waals surface area contributed by atoms with Crippen LogP contribution in [0.25, 0.3) is 0 Å². The van der Waals surface area contributed by atoms with Crippen LogP contribution in [0.4, 0.5) is 11.4 Å². The molecule has 2 aromatic rings. The van der Waals surface area contributed by atoms with Crippen molar-refractivity contribution in [3.8, 4) is 11.5 Å². The summed E-state index contributed by atoms with van der Waals surface area (Å²) in [6.45, 7) is 1.71. The molecule has 0 spiro atoms. The van der Waals surface area contributed by atoms with Crippen LogP contribution in [0.5, 0.6) is 11.5 Å². The Kier molecular flexibility index (Phi) is 5.36. The molecule has 0 aliphatic carbocycles. The minimum atomic E-state index is -3.57. The van der Waals surface area contributed by atoms with Crippen LogP contribution in [0.3, 0.4) is 0 Å². The normalized spacial score (nSPS) is 16.6. The first-order chi connectivity index (χ1) is 13.5. The summed E-state index contributed by atoms with van der Waals surface area (Å²) in [6.07, 6.45) is 0. The third-order valence-electron chi connectivity index (χ3n) is 4.33. The molecule has 2 N–H and O–H groups in total. The second kappa shape index (κ2) is 7.92. The molecule has 2 aliphatic heterocycles. The van der Waals surface area contributed by atoms with Crippen LogP contribution < -0.4 is 20.1 Å². The van der Waals surface area contributed by atoms with Crippen LogP contribution in [-0.2, 0) is 14.8 Å². The van der Waals surface area contributed by atoms with E-state index in [1.165, 1.54) is 4.31 Å². The summed E-state index contributed by atoms with van der Waals surface area (Å²) in [7, 11) is -3.57. The molecule has 0 radical (unpaired) electrons. The number of nitrogens with zero attached hydrogens (tertiary/aromatic N) is 1. The zero-order chi connectivity index (χ0) is 19.6. The van der Waals surface area contributed by atoms with Crippen molar-refractivity contribution in [2.24, 2.45) is 0 Å². The van der Waals surface area contributed by atoms with Gasteiger partial charge >= 0.3 is 0 Å². The van der Waals surface area contributed by atoms with Crippen molar-refractivity contribution in [3.63, 3.8) is 0 Å². The number of anilines is 2. The van der Waals surface area contributed by atoms with E-state index in [4.69, 9.17) is 26.4 Å². The fourth-order valence-corrected chi connectivity index (χ4v) is 4.63. The quantitative estimate of drug-likeness (QED) is 0.727. The molecule has 0 unspecified atom stereocenters. The lowest BCUT2D eigenvalue weighted by molar-refractivity contribution is 0.0730. The molecule has 0 atom stereocenters. The highest BCUT2D eigenvalue weighted by Crippen LogP contribution is 2.34. The number of sulfonamides is 1. The molecule has 4 rings (SSSR count). The molecular formula is C18H19N3O5S2. The molecule has 10 heteroatoms. The maximum atomic E-state index is 12.8. The Morgan fingerprint density at radius 3 is 2.46 bits per heavy atom. The first-order valence-corrected chi connectivity index (χ1v) is 10.5. The van der Waals surface area contributed by atoms with E-state index in [2.05, 4.69) is 10.6 Å². The average molecular weight is 422 g/mol. The molecule has 0 amide bonds. The Balaban J connectivity index is 1.45. The molecule has 0 bridgehead atoms. The predicted octanol–water partition coefficient (Wildman–Crippen LogP) is 2.25.